The highest BCUT2D eigenvalue weighted by atomic mass is 16.5. The lowest BCUT2D eigenvalue weighted by Gasteiger charge is -2.14. The summed E-state index contributed by atoms with van der Waals surface area (Å²) in [5.74, 6) is 0.758. The van der Waals surface area contributed by atoms with Gasteiger partial charge in [-0.15, -0.1) is 0 Å². The number of hydrogen-bond donors (Lipinski definition) is 1. The Kier molecular flexibility index (Phi) is 4.47. The van der Waals surface area contributed by atoms with E-state index in [0.717, 1.165) is 23.3 Å². The van der Waals surface area contributed by atoms with Crippen LogP contribution in [0.2, 0.25) is 0 Å². The fraction of sp³-hybridized carbons (Fsp3) is 0.333. The molecular weight excluding hydrogens is 238 g/mol. The molecular formula is C15H19N3O. The molecule has 0 amide bonds. The molecule has 0 bridgehead atoms. The van der Waals surface area contributed by atoms with Gasteiger partial charge in [0.2, 0.25) is 0 Å². The SMILES string of the molecule is CC(C)Oc1cncc(C(N)Cc2cccnc2)c1. The van der Waals surface area contributed by atoms with E-state index in [0.29, 0.717) is 0 Å². The normalized spacial score (nSPS) is 12.4. The molecule has 0 fully saturated rings. The van der Waals surface area contributed by atoms with Crippen molar-refractivity contribution >= 4 is 0 Å². The van der Waals surface area contributed by atoms with Crippen LogP contribution in [0.3, 0.4) is 0 Å². The zero-order valence-corrected chi connectivity index (χ0v) is 11.3. The number of hydrogen-bond acceptors (Lipinski definition) is 4. The minimum Gasteiger partial charge on any atom is -0.489 e. The number of pyridine rings is 2. The van der Waals surface area contributed by atoms with Crippen LogP contribution in [-0.4, -0.2) is 16.1 Å². The molecule has 2 heterocycles. The van der Waals surface area contributed by atoms with Crippen molar-refractivity contribution < 1.29 is 4.74 Å². The van der Waals surface area contributed by atoms with Crippen molar-refractivity contribution in [2.45, 2.75) is 32.4 Å². The van der Waals surface area contributed by atoms with Crippen molar-refractivity contribution in [3.8, 4) is 5.75 Å². The average molecular weight is 257 g/mol. The van der Waals surface area contributed by atoms with Crippen LogP contribution in [0.4, 0.5) is 0 Å². The summed E-state index contributed by atoms with van der Waals surface area (Å²) in [6, 6.07) is 5.79. The molecule has 2 N–H and O–H groups in total. The monoisotopic (exact) mass is 257 g/mol. The average Bonchev–Trinajstić information content (AvgIpc) is 2.39. The van der Waals surface area contributed by atoms with Crippen LogP contribution in [0.1, 0.15) is 31.0 Å². The van der Waals surface area contributed by atoms with Crippen molar-refractivity contribution in [2.75, 3.05) is 0 Å². The van der Waals surface area contributed by atoms with Crippen LogP contribution in [0.25, 0.3) is 0 Å². The van der Waals surface area contributed by atoms with Crippen molar-refractivity contribution in [3.05, 3.63) is 54.1 Å². The van der Waals surface area contributed by atoms with Gasteiger partial charge in [-0.2, -0.15) is 0 Å². The van der Waals surface area contributed by atoms with Gasteiger partial charge in [0.1, 0.15) is 5.75 Å². The Labute approximate surface area is 113 Å². The van der Waals surface area contributed by atoms with E-state index in [2.05, 4.69) is 9.97 Å². The van der Waals surface area contributed by atoms with Crippen LogP contribution in [-0.2, 0) is 6.42 Å². The summed E-state index contributed by atoms with van der Waals surface area (Å²) >= 11 is 0. The molecule has 0 radical (unpaired) electrons. The number of aromatic nitrogens is 2. The van der Waals surface area contributed by atoms with Gasteiger partial charge in [-0.3, -0.25) is 9.97 Å². The third-order valence-electron chi connectivity index (χ3n) is 2.71. The summed E-state index contributed by atoms with van der Waals surface area (Å²) in [4.78, 5) is 8.27. The highest BCUT2D eigenvalue weighted by molar-refractivity contribution is 5.27. The fourth-order valence-electron chi connectivity index (χ4n) is 1.87. The van der Waals surface area contributed by atoms with Crippen molar-refractivity contribution in [3.63, 3.8) is 0 Å². The molecule has 100 valence electrons. The molecule has 2 aromatic heterocycles. The van der Waals surface area contributed by atoms with E-state index in [4.69, 9.17) is 10.5 Å². The van der Waals surface area contributed by atoms with E-state index in [9.17, 15) is 0 Å². The van der Waals surface area contributed by atoms with Gasteiger partial charge in [0.25, 0.3) is 0 Å². The third-order valence-corrected chi connectivity index (χ3v) is 2.71. The molecule has 4 nitrogen and oxygen atoms in total. The van der Waals surface area contributed by atoms with Gasteiger partial charge in [-0.25, -0.2) is 0 Å². The molecule has 0 aliphatic heterocycles. The predicted molar refractivity (Wildman–Crippen MR) is 74.9 cm³/mol. The van der Waals surface area contributed by atoms with E-state index in [1.807, 2.05) is 38.2 Å². The Hall–Kier alpha value is -1.94. The molecule has 0 aromatic carbocycles. The molecule has 0 aliphatic rings. The first kappa shape index (κ1) is 13.5. The highest BCUT2D eigenvalue weighted by Crippen LogP contribution is 2.20. The summed E-state index contributed by atoms with van der Waals surface area (Å²) in [5.41, 5.74) is 8.29. The van der Waals surface area contributed by atoms with Crippen LogP contribution >= 0.6 is 0 Å². The molecule has 1 atom stereocenters. The van der Waals surface area contributed by atoms with E-state index >= 15 is 0 Å². The zero-order chi connectivity index (χ0) is 13.7. The van der Waals surface area contributed by atoms with Gasteiger partial charge >= 0.3 is 0 Å². The Morgan fingerprint density at radius 3 is 2.74 bits per heavy atom. The maximum atomic E-state index is 6.20. The molecule has 19 heavy (non-hydrogen) atoms. The minimum atomic E-state index is -0.104. The molecule has 0 saturated carbocycles. The van der Waals surface area contributed by atoms with Gasteiger partial charge in [0.05, 0.1) is 12.3 Å². The second-order valence-corrected chi connectivity index (χ2v) is 4.79. The quantitative estimate of drug-likeness (QED) is 0.894. The van der Waals surface area contributed by atoms with E-state index in [-0.39, 0.29) is 12.1 Å². The van der Waals surface area contributed by atoms with E-state index in [1.165, 1.54) is 0 Å². The second-order valence-electron chi connectivity index (χ2n) is 4.79. The number of ether oxygens (including phenoxy) is 1. The lowest BCUT2D eigenvalue weighted by Crippen LogP contribution is -2.14. The number of nitrogens with two attached hydrogens (primary N) is 1. The van der Waals surface area contributed by atoms with Crippen molar-refractivity contribution in [1.82, 2.24) is 9.97 Å². The summed E-state index contributed by atoms with van der Waals surface area (Å²) < 4.78 is 5.62. The Bertz CT molecular complexity index is 514. The minimum absolute atomic E-state index is 0.104. The van der Waals surface area contributed by atoms with Crippen LogP contribution in [0, 0.1) is 0 Å². The Balaban J connectivity index is 2.08. The molecule has 1 unspecified atom stereocenters. The van der Waals surface area contributed by atoms with Gasteiger partial charge in [-0.1, -0.05) is 6.07 Å². The van der Waals surface area contributed by atoms with Gasteiger partial charge in [-0.05, 0) is 43.5 Å². The lowest BCUT2D eigenvalue weighted by atomic mass is 10.0. The van der Waals surface area contributed by atoms with Crippen LogP contribution in [0.5, 0.6) is 5.75 Å². The first-order valence-corrected chi connectivity index (χ1v) is 6.41. The standard InChI is InChI=1S/C15H19N3O/c1-11(2)19-14-7-13(9-18-10-14)15(16)6-12-4-3-5-17-8-12/h3-5,7-11,15H,6,16H2,1-2H3. The summed E-state index contributed by atoms with van der Waals surface area (Å²) in [6.07, 6.45) is 7.96. The maximum Gasteiger partial charge on any atom is 0.138 e. The largest absolute Gasteiger partial charge is 0.489 e. The highest BCUT2D eigenvalue weighted by Gasteiger charge is 2.09. The molecule has 2 aromatic rings. The predicted octanol–water partition coefficient (Wildman–Crippen LogP) is 2.51. The topological polar surface area (TPSA) is 61.0 Å². The summed E-state index contributed by atoms with van der Waals surface area (Å²) in [6.45, 7) is 3.98. The first-order chi connectivity index (χ1) is 9.15. The van der Waals surface area contributed by atoms with Crippen molar-refractivity contribution in [2.24, 2.45) is 5.73 Å². The van der Waals surface area contributed by atoms with E-state index < -0.39 is 0 Å². The van der Waals surface area contributed by atoms with Crippen LogP contribution in [0.15, 0.2) is 43.0 Å². The molecule has 0 spiro atoms. The summed E-state index contributed by atoms with van der Waals surface area (Å²) in [7, 11) is 0. The Morgan fingerprint density at radius 1 is 1.21 bits per heavy atom. The molecule has 2 rings (SSSR count). The molecule has 0 aliphatic carbocycles. The summed E-state index contributed by atoms with van der Waals surface area (Å²) in [5, 5.41) is 0. The molecule has 4 heteroatoms. The molecule has 0 saturated heterocycles. The fourth-order valence-corrected chi connectivity index (χ4v) is 1.87. The van der Waals surface area contributed by atoms with E-state index in [1.54, 1.807) is 18.6 Å². The number of rotatable bonds is 5. The maximum absolute atomic E-state index is 6.20. The van der Waals surface area contributed by atoms with Gasteiger partial charge < -0.3 is 10.5 Å². The van der Waals surface area contributed by atoms with Crippen molar-refractivity contribution in [1.29, 1.82) is 0 Å². The zero-order valence-electron chi connectivity index (χ0n) is 11.3. The third kappa shape index (κ3) is 4.03. The first-order valence-electron chi connectivity index (χ1n) is 6.41. The number of nitrogens with zero attached hydrogens (tertiary/aromatic N) is 2. The second kappa shape index (κ2) is 6.29. The van der Waals surface area contributed by atoms with Gasteiger partial charge in [0, 0.05) is 24.6 Å². The lowest BCUT2D eigenvalue weighted by molar-refractivity contribution is 0.241. The van der Waals surface area contributed by atoms with Gasteiger partial charge in [0.15, 0.2) is 0 Å². The van der Waals surface area contributed by atoms with Crippen LogP contribution < -0.4 is 10.5 Å². The smallest absolute Gasteiger partial charge is 0.138 e. The Morgan fingerprint density at radius 2 is 2.05 bits per heavy atom.